The van der Waals surface area contributed by atoms with Crippen LogP contribution in [0.15, 0.2) is 53.6 Å². The Balaban J connectivity index is 1.65. The number of methoxy groups -OCH3 is 1. The van der Waals surface area contributed by atoms with E-state index in [9.17, 15) is 0 Å². The van der Waals surface area contributed by atoms with E-state index in [-0.39, 0.29) is 12.3 Å². The van der Waals surface area contributed by atoms with Gasteiger partial charge in [-0.1, -0.05) is 18.2 Å². The van der Waals surface area contributed by atoms with Gasteiger partial charge in [0.25, 0.3) is 0 Å². The highest BCUT2D eigenvalue weighted by atomic mass is 32.2. The van der Waals surface area contributed by atoms with Crippen LogP contribution >= 0.6 is 11.8 Å². The molecule has 5 heteroatoms. The Morgan fingerprint density at radius 1 is 1.20 bits per heavy atom. The van der Waals surface area contributed by atoms with Crippen LogP contribution in [0.5, 0.6) is 11.5 Å². The molecule has 2 aliphatic rings. The van der Waals surface area contributed by atoms with E-state index in [0.717, 1.165) is 41.4 Å². The first-order chi connectivity index (χ1) is 12.3. The minimum Gasteiger partial charge on any atom is -0.497 e. The topological polar surface area (TPSA) is 34.1 Å². The summed E-state index contributed by atoms with van der Waals surface area (Å²) in [7, 11) is 1.69. The molecular formula is C20H22N2O2S. The zero-order valence-corrected chi connectivity index (χ0v) is 15.3. The van der Waals surface area contributed by atoms with Gasteiger partial charge in [-0.05, 0) is 47.9 Å². The molecule has 0 fully saturated rings. The number of hydrazone groups is 1. The van der Waals surface area contributed by atoms with Crippen LogP contribution in [0, 0.1) is 0 Å². The van der Waals surface area contributed by atoms with Crippen LogP contribution in [0.25, 0.3) is 0 Å². The molecule has 0 saturated heterocycles. The van der Waals surface area contributed by atoms with Gasteiger partial charge in [-0.3, -0.25) is 5.01 Å². The van der Waals surface area contributed by atoms with Gasteiger partial charge in [0, 0.05) is 18.4 Å². The van der Waals surface area contributed by atoms with Gasteiger partial charge < -0.3 is 9.47 Å². The highest BCUT2D eigenvalue weighted by molar-refractivity contribution is 7.98. The van der Waals surface area contributed by atoms with Crippen molar-refractivity contribution in [2.45, 2.75) is 25.1 Å². The fourth-order valence-electron chi connectivity index (χ4n) is 3.48. The predicted octanol–water partition coefficient (Wildman–Crippen LogP) is 4.32. The first kappa shape index (κ1) is 16.3. The van der Waals surface area contributed by atoms with Crippen LogP contribution in [0.3, 0.4) is 0 Å². The Hall–Kier alpha value is -2.14. The fraction of sp³-hybridized carbons (Fsp3) is 0.350. The molecule has 0 spiro atoms. The SMILES string of the molecule is COc1ccc(C2=NN3[C@H](C2)c2ccccc2O[C@@H]3CCSC)cc1. The smallest absolute Gasteiger partial charge is 0.188 e. The van der Waals surface area contributed by atoms with E-state index in [1.54, 1.807) is 7.11 Å². The highest BCUT2D eigenvalue weighted by Crippen LogP contribution is 2.43. The fourth-order valence-corrected chi connectivity index (χ4v) is 3.91. The second kappa shape index (κ2) is 7.00. The summed E-state index contributed by atoms with van der Waals surface area (Å²) in [5.41, 5.74) is 3.49. The quantitative estimate of drug-likeness (QED) is 0.801. The number of nitrogens with zero attached hydrogens (tertiary/aromatic N) is 2. The van der Waals surface area contributed by atoms with Crippen molar-refractivity contribution < 1.29 is 9.47 Å². The molecule has 2 atom stereocenters. The monoisotopic (exact) mass is 354 g/mol. The molecule has 0 aliphatic carbocycles. The van der Waals surface area contributed by atoms with Crippen LogP contribution in [-0.2, 0) is 0 Å². The number of rotatable bonds is 5. The van der Waals surface area contributed by atoms with E-state index in [2.05, 4.69) is 41.6 Å². The molecule has 0 radical (unpaired) electrons. The summed E-state index contributed by atoms with van der Waals surface area (Å²) in [6, 6.07) is 16.8. The summed E-state index contributed by atoms with van der Waals surface area (Å²) < 4.78 is 11.5. The Morgan fingerprint density at radius 2 is 2.00 bits per heavy atom. The van der Waals surface area contributed by atoms with Crippen molar-refractivity contribution in [2.24, 2.45) is 5.10 Å². The minimum absolute atomic E-state index is 0.00287. The van der Waals surface area contributed by atoms with Gasteiger partial charge in [0.1, 0.15) is 11.5 Å². The van der Waals surface area contributed by atoms with Crippen molar-refractivity contribution in [2.75, 3.05) is 19.1 Å². The van der Waals surface area contributed by atoms with Crippen molar-refractivity contribution in [3.63, 3.8) is 0 Å². The van der Waals surface area contributed by atoms with E-state index >= 15 is 0 Å². The maximum absolute atomic E-state index is 6.25. The molecule has 0 saturated carbocycles. The van der Waals surface area contributed by atoms with Crippen LogP contribution < -0.4 is 9.47 Å². The molecule has 2 aromatic rings. The van der Waals surface area contributed by atoms with Gasteiger partial charge in [-0.25, -0.2) is 0 Å². The normalized spacial score (nSPS) is 21.2. The first-order valence-electron chi connectivity index (χ1n) is 8.55. The maximum Gasteiger partial charge on any atom is 0.188 e. The summed E-state index contributed by atoms with van der Waals surface area (Å²) in [6.07, 6.45) is 4.00. The summed E-state index contributed by atoms with van der Waals surface area (Å²) in [5.74, 6) is 2.93. The standard InChI is InChI=1S/C20H22N2O2S/c1-23-15-9-7-14(8-10-15)17-13-18-16-5-3-4-6-19(16)24-20(11-12-25-2)22(18)21-17/h3-10,18,20H,11-13H2,1-2H3/t18-,20-/m1/s1. The minimum atomic E-state index is 0.00287. The Labute approximate surface area is 152 Å². The van der Waals surface area contributed by atoms with Crippen LogP contribution in [0.2, 0.25) is 0 Å². The van der Waals surface area contributed by atoms with Gasteiger partial charge in [0.05, 0.1) is 18.9 Å². The number of hydrogen-bond acceptors (Lipinski definition) is 5. The molecular weight excluding hydrogens is 332 g/mol. The van der Waals surface area contributed by atoms with E-state index in [1.165, 1.54) is 5.56 Å². The molecule has 4 rings (SSSR count). The first-order valence-corrected chi connectivity index (χ1v) is 9.94. The van der Waals surface area contributed by atoms with Crippen molar-refractivity contribution in [3.05, 3.63) is 59.7 Å². The molecule has 4 nitrogen and oxygen atoms in total. The van der Waals surface area contributed by atoms with Crippen molar-refractivity contribution in [1.82, 2.24) is 5.01 Å². The zero-order valence-electron chi connectivity index (χ0n) is 14.5. The van der Waals surface area contributed by atoms with Gasteiger partial charge >= 0.3 is 0 Å². The van der Waals surface area contributed by atoms with E-state index in [4.69, 9.17) is 14.6 Å². The number of benzene rings is 2. The summed E-state index contributed by atoms with van der Waals surface area (Å²) >= 11 is 1.84. The average molecular weight is 354 g/mol. The van der Waals surface area contributed by atoms with Crippen LogP contribution in [-0.4, -0.2) is 36.1 Å². The van der Waals surface area contributed by atoms with E-state index in [1.807, 2.05) is 30.0 Å². The third-order valence-electron chi connectivity index (χ3n) is 4.77. The Bertz CT molecular complexity index is 776. The van der Waals surface area contributed by atoms with Gasteiger partial charge in [0.15, 0.2) is 6.23 Å². The van der Waals surface area contributed by atoms with Gasteiger partial charge in [0.2, 0.25) is 0 Å². The van der Waals surface area contributed by atoms with Crippen molar-refractivity contribution in [3.8, 4) is 11.5 Å². The molecule has 0 N–H and O–H groups in total. The molecule has 0 bridgehead atoms. The van der Waals surface area contributed by atoms with E-state index < -0.39 is 0 Å². The summed E-state index contributed by atoms with van der Waals surface area (Å²) in [6.45, 7) is 0. The third-order valence-corrected chi connectivity index (χ3v) is 5.41. The Kier molecular flexibility index (Phi) is 4.57. The number of fused-ring (bicyclic) bond motifs is 3. The molecule has 2 aliphatic heterocycles. The third kappa shape index (κ3) is 3.09. The number of para-hydroxylation sites is 1. The summed E-state index contributed by atoms with van der Waals surface area (Å²) in [5, 5.41) is 7.11. The number of ether oxygens (including phenoxy) is 2. The average Bonchev–Trinajstić information content (AvgIpc) is 3.12. The zero-order chi connectivity index (χ0) is 17.2. The summed E-state index contributed by atoms with van der Waals surface area (Å²) in [4.78, 5) is 0. The van der Waals surface area contributed by atoms with Crippen LogP contribution in [0.1, 0.15) is 30.0 Å². The van der Waals surface area contributed by atoms with Crippen molar-refractivity contribution >= 4 is 17.5 Å². The Morgan fingerprint density at radius 3 is 2.76 bits per heavy atom. The van der Waals surface area contributed by atoms with Crippen LogP contribution in [0.4, 0.5) is 0 Å². The van der Waals surface area contributed by atoms with E-state index in [0.29, 0.717) is 0 Å². The maximum atomic E-state index is 6.25. The molecule has 0 aromatic heterocycles. The lowest BCUT2D eigenvalue weighted by molar-refractivity contribution is -0.0180. The highest BCUT2D eigenvalue weighted by Gasteiger charge is 2.39. The molecule has 25 heavy (non-hydrogen) atoms. The molecule has 2 heterocycles. The molecule has 0 amide bonds. The van der Waals surface area contributed by atoms with Gasteiger partial charge in [-0.15, -0.1) is 0 Å². The largest absolute Gasteiger partial charge is 0.497 e. The number of hydrogen-bond donors (Lipinski definition) is 0. The van der Waals surface area contributed by atoms with Crippen molar-refractivity contribution in [1.29, 1.82) is 0 Å². The lowest BCUT2D eigenvalue weighted by Crippen LogP contribution is -2.40. The predicted molar refractivity (Wildman–Crippen MR) is 103 cm³/mol. The second-order valence-electron chi connectivity index (χ2n) is 6.27. The molecule has 130 valence electrons. The number of thioether (sulfide) groups is 1. The second-order valence-corrected chi connectivity index (χ2v) is 7.25. The lowest BCUT2D eigenvalue weighted by atomic mass is 9.96. The molecule has 2 aromatic carbocycles. The lowest BCUT2D eigenvalue weighted by Gasteiger charge is -2.38. The van der Waals surface area contributed by atoms with Gasteiger partial charge in [-0.2, -0.15) is 16.9 Å². The molecule has 0 unspecified atom stereocenters.